The van der Waals surface area contributed by atoms with E-state index in [4.69, 9.17) is 48.9 Å². The van der Waals surface area contributed by atoms with Crippen molar-refractivity contribution in [2.75, 3.05) is 0 Å². The van der Waals surface area contributed by atoms with Gasteiger partial charge in [0.25, 0.3) is 0 Å². The molecule has 522 valence electrons. The normalized spacial score (nSPS) is 12.4. The molecule has 0 aliphatic carbocycles. The fraction of sp³-hybridized carbons (Fsp3) is 0.158. The molecule has 2 aliphatic heterocycles. The molecule has 11 aromatic rings. The molecule has 29 heteroatoms. The van der Waals surface area contributed by atoms with Gasteiger partial charge in [-0.05, 0) is 95.1 Å². The molecular formula is C76H62N12O16Zn+2. The van der Waals surface area contributed by atoms with Gasteiger partial charge in [0.15, 0.2) is 23.3 Å². The van der Waals surface area contributed by atoms with Crippen molar-refractivity contribution in [3.63, 3.8) is 0 Å². The summed E-state index contributed by atoms with van der Waals surface area (Å²) in [4.78, 5) is 135. The van der Waals surface area contributed by atoms with Gasteiger partial charge in [-0.15, -0.1) is 0 Å². The minimum absolute atomic E-state index is 0. The maximum Gasteiger partial charge on any atom is 2.00 e. The maximum atomic E-state index is 12.1. The standard InChI is InChI=1S/C76H62N12O16.Zn/c1-37(89)77-53(73(93)94)33-41-17-25-45(26-18-41)101-57-13-5-9-49-61(57)69-81-65(49)86-70-63-51(11-7-15-59(63)103-47-29-21-43(22-30-47)35-55(75(97)98)79-39(3)91)67(83-70)88-72-64-52(12-8-16-60(64)104-48-31-23-44(24-32-48)36-56(76(99)100)80-40(4)92)68(84-72)87-71-62-50(66(82-71)85-69)10-6-14-58(62)102-46-27-19-42(20-28-46)34-54(74(95)96)78-38(2)90;/h5-32,53-56H,33-36H2,1-4H3,(H,77,89)(H,78,90)(H,79,91)(H,80,92)(H,93,94)(H,95,96)(H,97,98)(H,99,100)(H2,81,82,83,84,85,86,87,88);/q;+2. The third kappa shape index (κ3) is 16.1. The Kier molecular flexibility index (Phi) is 20.8. The average Bonchev–Trinajstić information content (AvgIpc) is 1.61. The van der Waals surface area contributed by atoms with Gasteiger partial charge < -0.3 is 70.6 Å². The van der Waals surface area contributed by atoms with Crippen molar-refractivity contribution in [1.82, 2.24) is 61.1 Å². The number of nitrogens with one attached hydrogen (secondary N) is 6. The number of nitrogens with zero attached hydrogens (tertiary/aromatic N) is 6. The summed E-state index contributed by atoms with van der Waals surface area (Å²) < 4.78 is 26.8. The molecule has 105 heavy (non-hydrogen) atoms. The van der Waals surface area contributed by atoms with E-state index in [2.05, 4.69) is 31.2 Å². The molecule has 4 atom stereocenters. The summed E-state index contributed by atoms with van der Waals surface area (Å²) in [5, 5.41) is 51.2. The van der Waals surface area contributed by atoms with Crippen LogP contribution in [-0.4, -0.2) is 132 Å². The van der Waals surface area contributed by atoms with Crippen molar-refractivity contribution in [1.29, 1.82) is 0 Å². The zero-order valence-corrected chi connectivity index (χ0v) is 59.3. The van der Waals surface area contributed by atoms with Gasteiger partial charge in [-0.25, -0.2) is 49.1 Å². The summed E-state index contributed by atoms with van der Waals surface area (Å²) in [5.41, 5.74) is 5.05. The number of amides is 4. The molecule has 4 amide bonds. The maximum absolute atomic E-state index is 12.1. The number of aromatic nitrogens is 8. The van der Waals surface area contributed by atoms with Crippen LogP contribution in [0.4, 0.5) is 0 Å². The quantitative estimate of drug-likeness (QED) is 0.0251. The molecule has 13 rings (SSSR count). The van der Waals surface area contributed by atoms with E-state index < -0.39 is 71.7 Å². The van der Waals surface area contributed by atoms with Gasteiger partial charge in [-0.3, -0.25) is 19.2 Å². The van der Waals surface area contributed by atoms with E-state index >= 15 is 0 Å². The number of fused-ring (bicyclic) bond motifs is 20. The number of benzene rings is 8. The van der Waals surface area contributed by atoms with E-state index in [1.54, 1.807) is 158 Å². The van der Waals surface area contributed by atoms with Crippen molar-refractivity contribution in [3.05, 3.63) is 192 Å². The van der Waals surface area contributed by atoms with Crippen LogP contribution < -0.4 is 40.2 Å². The summed E-state index contributed by atoms with van der Waals surface area (Å²) >= 11 is 0. The zero-order valence-electron chi connectivity index (χ0n) is 56.4. The largest absolute Gasteiger partial charge is 2.00 e. The smallest absolute Gasteiger partial charge is 0.480 e. The molecule has 2 aliphatic rings. The predicted molar refractivity (Wildman–Crippen MR) is 378 cm³/mol. The number of carbonyl (C=O) groups excluding carboxylic acids is 4. The summed E-state index contributed by atoms with van der Waals surface area (Å²) in [7, 11) is 0. The zero-order chi connectivity index (χ0) is 73.0. The Morgan fingerprint density at radius 1 is 0.333 bits per heavy atom. The third-order valence-corrected chi connectivity index (χ3v) is 16.9. The Labute approximate surface area is 608 Å². The third-order valence-electron chi connectivity index (χ3n) is 16.9. The molecule has 0 spiro atoms. The van der Waals surface area contributed by atoms with E-state index in [0.29, 0.717) is 101 Å². The number of hydrogen-bond acceptors (Lipinski definition) is 18. The summed E-state index contributed by atoms with van der Waals surface area (Å²) in [6, 6.07) is 43.4. The first kappa shape index (κ1) is 71.5. The van der Waals surface area contributed by atoms with E-state index in [9.17, 15) is 58.8 Å². The fourth-order valence-corrected chi connectivity index (χ4v) is 12.2. The van der Waals surface area contributed by atoms with Crippen LogP contribution in [0.2, 0.25) is 0 Å². The Morgan fingerprint density at radius 3 is 0.867 bits per heavy atom. The molecule has 8 bridgehead atoms. The van der Waals surface area contributed by atoms with Crippen LogP contribution in [0.3, 0.4) is 0 Å². The minimum Gasteiger partial charge on any atom is -0.480 e. The van der Waals surface area contributed by atoms with Gasteiger partial charge in [0.1, 0.15) is 92.8 Å². The molecule has 5 heterocycles. The molecule has 28 nitrogen and oxygen atoms in total. The number of rotatable bonds is 24. The summed E-state index contributed by atoms with van der Waals surface area (Å²) in [6.45, 7) is 4.97. The summed E-state index contributed by atoms with van der Waals surface area (Å²) in [6.07, 6.45) is -0.0356. The van der Waals surface area contributed by atoms with E-state index in [-0.39, 0.29) is 103 Å². The van der Waals surface area contributed by atoms with Crippen LogP contribution >= 0.6 is 0 Å². The molecule has 0 saturated heterocycles. The van der Waals surface area contributed by atoms with Gasteiger partial charge in [-0.1, -0.05) is 97.1 Å². The first-order chi connectivity index (χ1) is 50.0. The summed E-state index contributed by atoms with van der Waals surface area (Å²) in [5.74, 6) is -3.65. The van der Waals surface area contributed by atoms with Gasteiger partial charge in [0.05, 0.1) is 21.9 Å². The van der Waals surface area contributed by atoms with E-state index in [1.165, 1.54) is 27.7 Å². The molecule has 4 unspecified atom stereocenters. The van der Waals surface area contributed by atoms with Crippen molar-refractivity contribution in [2.45, 2.75) is 77.5 Å². The number of hydrogen-bond donors (Lipinski definition) is 10. The number of carboxylic acids is 4. The second kappa shape index (κ2) is 30.5. The minimum atomic E-state index is -1.20. The Bertz CT molecular complexity index is 5140. The molecule has 0 saturated carbocycles. The molecule has 8 aromatic carbocycles. The molecule has 0 fully saturated rings. The first-order valence-electron chi connectivity index (χ1n) is 32.5. The van der Waals surface area contributed by atoms with Crippen LogP contribution in [0.15, 0.2) is 170 Å². The number of carbonyl (C=O) groups is 8. The number of carboxylic acid groups (broad SMARTS) is 4. The predicted octanol–water partition coefficient (Wildman–Crippen LogP) is 10.6. The van der Waals surface area contributed by atoms with Crippen molar-refractivity contribution in [3.8, 4) is 91.5 Å². The number of aromatic amines is 2. The molecule has 0 radical (unpaired) electrons. The second-order valence-electron chi connectivity index (χ2n) is 24.5. The first-order valence-corrected chi connectivity index (χ1v) is 32.5. The average molecular weight is 1460 g/mol. The Morgan fingerprint density at radius 2 is 0.590 bits per heavy atom. The molecular weight excluding hydrogens is 1400 g/mol. The molecule has 3 aromatic heterocycles. The Balaban J connectivity index is 0.0000104. The van der Waals surface area contributed by atoms with Gasteiger partial charge >= 0.3 is 43.4 Å². The van der Waals surface area contributed by atoms with Crippen LogP contribution in [0.1, 0.15) is 49.9 Å². The van der Waals surface area contributed by atoms with Crippen molar-refractivity contribution >= 4 is 91.6 Å². The van der Waals surface area contributed by atoms with Gasteiger partial charge in [-0.2, -0.15) is 0 Å². The topological polar surface area (TPSA) is 411 Å². The van der Waals surface area contributed by atoms with Crippen LogP contribution in [0, 0.1) is 0 Å². The monoisotopic (exact) mass is 1460 g/mol. The fourth-order valence-electron chi connectivity index (χ4n) is 12.2. The van der Waals surface area contributed by atoms with Gasteiger partial charge in [0, 0.05) is 75.3 Å². The molecule has 10 N–H and O–H groups in total. The van der Waals surface area contributed by atoms with Crippen LogP contribution in [0.5, 0.6) is 46.0 Å². The number of ether oxygens (including phenoxy) is 4. The van der Waals surface area contributed by atoms with Crippen LogP contribution in [-0.2, 0) is 83.5 Å². The van der Waals surface area contributed by atoms with Crippen molar-refractivity contribution < 1.29 is 97.2 Å². The SMILES string of the molecule is CC(=O)NC(Cc1ccc(Oc2cccc3c2-c2nc-3nc3[nH]c(nc4nc(nc5[nH]c(n2)c2cccc(Oc6ccc(CC(NC(C)=O)C(=O)O)cc6)c52)-c2cccc(Oc5ccc(CC(NC(C)=O)C(=O)O)cc5)c2-4)c2cccc(Oc4ccc(CC(NC(C)=O)C(=O)O)cc4)c32)cc1)C(=O)O.[Zn+2]. The van der Waals surface area contributed by atoms with Crippen molar-refractivity contribution in [2.24, 2.45) is 0 Å². The van der Waals surface area contributed by atoms with Crippen LogP contribution in [0.25, 0.3) is 89.7 Å². The van der Waals surface area contributed by atoms with Gasteiger partial charge in [0.2, 0.25) is 23.6 Å². The van der Waals surface area contributed by atoms with E-state index in [1.807, 2.05) is 12.1 Å². The van der Waals surface area contributed by atoms with E-state index in [0.717, 1.165) is 0 Å². The number of aliphatic carboxylic acids is 4. The Hall–Kier alpha value is -13.3. The second-order valence-corrected chi connectivity index (χ2v) is 24.5. The number of H-pyrrole nitrogens is 2.